The quantitative estimate of drug-likeness (QED) is 0.552. The van der Waals surface area contributed by atoms with Gasteiger partial charge in [-0.15, -0.1) is 0 Å². The third kappa shape index (κ3) is 1.70. The molecule has 0 aliphatic carbocycles. The van der Waals surface area contributed by atoms with Crippen LogP contribution in [0.25, 0.3) is 0 Å². The summed E-state index contributed by atoms with van der Waals surface area (Å²) in [6, 6.07) is -0.427. The first-order valence-corrected chi connectivity index (χ1v) is 3.51. The molecule has 0 saturated carbocycles. The maximum Gasteiger partial charge on any atom is 0.321 e. The van der Waals surface area contributed by atoms with Crippen LogP contribution in [0.2, 0.25) is 0 Å². The molecule has 0 aromatic carbocycles. The molecule has 1 heterocycles. The summed E-state index contributed by atoms with van der Waals surface area (Å²) in [5, 5.41) is 11.5. The number of rotatable bonds is 1. The normalized spacial score (nSPS) is 33.7. The number of hydrogen-bond acceptors (Lipinski definition) is 2. The van der Waals surface area contributed by atoms with Crippen molar-refractivity contribution < 1.29 is 9.90 Å². The summed E-state index contributed by atoms with van der Waals surface area (Å²) in [5.74, 6) is -0.339. The van der Waals surface area contributed by atoms with E-state index in [1.807, 2.05) is 13.3 Å². The zero-order valence-electron chi connectivity index (χ0n) is 6.00. The van der Waals surface area contributed by atoms with Crippen LogP contribution < -0.4 is 5.32 Å². The van der Waals surface area contributed by atoms with E-state index in [4.69, 9.17) is 5.11 Å². The standard InChI is InChI=1S/C7H12NO2/c1-5-2-3-8-6(4-5)7(9)10/h4-6,8H,2-3H2,1H3,(H,9,10). The minimum absolute atomic E-state index is 0.427. The second-order valence-electron chi connectivity index (χ2n) is 2.73. The maximum absolute atomic E-state index is 10.4. The molecular formula is C7H12NO2. The van der Waals surface area contributed by atoms with Gasteiger partial charge in [0.15, 0.2) is 0 Å². The van der Waals surface area contributed by atoms with Gasteiger partial charge in [-0.25, -0.2) is 0 Å². The van der Waals surface area contributed by atoms with Crippen molar-refractivity contribution in [2.45, 2.75) is 19.4 Å². The Balaban J connectivity index is 2.39. The highest BCUT2D eigenvalue weighted by molar-refractivity contribution is 5.75. The Kier molecular flexibility index (Phi) is 2.27. The number of nitrogens with one attached hydrogen (secondary N) is 1. The number of piperidine rings is 1. The first kappa shape index (κ1) is 7.54. The van der Waals surface area contributed by atoms with Gasteiger partial charge in [0.1, 0.15) is 6.04 Å². The Morgan fingerprint density at radius 2 is 2.50 bits per heavy atom. The molecule has 0 aromatic rings. The van der Waals surface area contributed by atoms with E-state index in [-0.39, 0.29) is 0 Å². The molecule has 3 heteroatoms. The number of aliphatic carboxylic acids is 1. The highest BCUT2D eigenvalue weighted by Gasteiger charge is 2.23. The van der Waals surface area contributed by atoms with E-state index in [9.17, 15) is 4.79 Å². The van der Waals surface area contributed by atoms with Crippen LogP contribution in [-0.4, -0.2) is 23.7 Å². The molecule has 2 atom stereocenters. The van der Waals surface area contributed by atoms with Gasteiger partial charge < -0.3 is 10.4 Å². The number of hydrogen-bond donors (Lipinski definition) is 2. The molecule has 10 heavy (non-hydrogen) atoms. The fraction of sp³-hybridized carbons (Fsp3) is 0.714. The lowest BCUT2D eigenvalue weighted by Gasteiger charge is -2.24. The van der Waals surface area contributed by atoms with Gasteiger partial charge in [-0.05, 0) is 25.3 Å². The summed E-state index contributed by atoms with van der Waals surface area (Å²) < 4.78 is 0. The predicted molar refractivity (Wildman–Crippen MR) is 37.5 cm³/mol. The summed E-state index contributed by atoms with van der Waals surface area (Å²) in [6.07, 6.45) is 2.88. The molecule has 0 bridgehead atoms. The number of carboxylic acids is 1. The van der Waals surface area contributed by atoms with Gasteiger partial charge in [-0.1, -0.05) is 6.92 Å². The fourth-order valence-corrected chi connectivity index (χ4v) is 1.13. The van der Waals surface area contributed by atoms with Gasteiger partial charge in [0.2, 0.25) is 0 Å². The predicted octanol–water partition coefficient (Wildman–Crippen LogP) is 0.273. The van der Waals surface area contributed by atoms with Crippen LogP contribution in [0.4, 0.5) is 0 Å². The lowest BCUT2D eigenvalue weighted by atomic mass is 9.94. The van der Waals surface area contributed by atoms with Gasteiger partial charge >= 0.3 is 5.97 Å². The van der Waals surface area contributed by atoms with Crippen LogP contribution in [0.5, 0.6) is 0 Å². The molecule has 0 amide bonds. The highest BCUT2D eigenvalue weighted by atomic mass is 16.4. The van der Waals surface area contributed by atoms with E-state index in [0.717, 1.165) is 13.0 Å². The molecule has 2 unspecified atom stereocenters. The Bertz CT molecular complexity index is 136. The van der Waals surface area contributed by atoms with Gasteiger partial charge in [0.25, 0.3) is 0 Å². The van der Waals surface area contributed by atoms with Crippen LogP contribution in [0.15, 0.2) is 0 Å². The first-order chi connectivity index (χ1) is 4.70. The zero-order chi connectivity index (χ0) is 7.56. The molecule has 3 nitrogen and oxygen atoms in total. The third-order valence-corrected chi connectivity index (χ3v) is 1.75. The zero-order valence-corrected chi connectivity index (χ0v) is 6.00. The van der Waals surface area contributed by atoms with Crippen LogP contribution in [0, 0.1) is 12.3 Å². The van der Waals surface area contributed by atoms with Crippen molar-refractivity contribution in [3.8, 4) is 0 Å². The Morgan fingerprint density at radius 1 is 1.80 bits per heavy atom. The summed E-state index contributed by atoms with van der Waals surface area (Å²) in [5.41, 5.74) is 0. The molecule has 2 N–H and O–H groups in total. The van der Waals surface area contributed by atoms with Gasteiger partial charge in [-0.2, -0.15) is 0 Å². The van der Waals surface area contributed by atoms with Crippen molar-refractivity contribution in [2.24, 2.45) is 5.92 Å². The van der Waals surface area contributed by atoms with Crippen molar-refractivity contribution >= 4 is 5.97 Å². The number of carboxylic acid groups (broad SMARTS) is 1. The van der Waals surface area contributed by atoms with E-state index >= 15 is 0 Å². The summed E-state index contributed by atoms with van der Waals surface area (Å²) >= 11 is 0. The molecule has 1 rings (SSSR count). The summed E-state index contributed by atoms with van der Waals surface area (Å²) in [7, 11) is 0. The monoisotopic (exact) mass is 142 g/mol. The molecule has 1 fully saturated rings. The average Bonchev–Trinajstić information content (AvgIpc) is 1.88. The first-order valence-electron chi connectivity index (χ1n) is 3.51. The molecule has 57 valence electrons. The largest absolute Gasteiger partial charge is 0.480 e. The van der Waals surface area contributed by atoms with Crippen LogP contribution in [0.1, 0.15) is 13.3 Å². The van der Waals surface area contributed by atoms with E-state index in [1.54, 1.807) is 0 Å². The van der Waals surface area contributed by atoms with Gasteiger partial charge in [-0.3, -0.25) is 4.79 Å². The van der Waals surface area contributed by atoms with Crippen LogP contribution in [0.3, 0.4) is 0 Å². The second-order valence-corrected chi connectivity index (χ2v) is 2.73. The van der Waals surface area contributed by atoms with Gasteiger partial charge in [0.05, 0.1) is 0 Å². The lowest BCUT2D eigenvalue weighted by molar-refractivity contribution is -0.139. The molecule has 1 aliphatic rings. The molecule has 0 spiro atoms. The van der Waals surface area contributed by atoms with E-state index < -0.39 is 12.0 Å². The SMILES string of the molecule is CC1[CH]C(C(=O)O)NCC1. The van der Waals surface area contributed by atoms with Gasteiger partial charge in [0, 0.05) is 0 Å². The molecule has 1 radical (unpaired) electrons. The molecular weight excluding hydrogens is 130 g/mol. The van der Waals surface area contributed by atoms with Crippen molar-refractivity contribution in [1.82, 2.24) is 5.32 Å². The van der Waals surface area contributed by atoms with Crippen molar-refractivity contribution in [1.29, 1.82) is 0 Å². The second kappa shape index (κ2) is 3.01. The minimum Gasteiger partial charge on any atom is -0.480 e. The topological polar surface area (TPSA) is 49.3 Å². The van der Waals surface area contributed by atoms with Crippen molar-refractivity contribution in [3.63, 3.8) is 0 Å². The van der Waals surface area contributed by atoms with Crippen LogP contribution in [-0.2, 0) is 4.79 Å². The van der Waals surface area contributed by atoms with Crippen molar-refractivity contribution in [3.05, 3.63) is 6.42 Å². The Labute approximate surface area is 60.4 Å². The Hall–Kier alpha value is -0.570. The molecule has 1 saturated heterocycles. The third-order valence-electron chi connectivity index (χ3n) is 1.75. The maximum atomic E-state index is 10.4. The Morgan fingerprint density at radius 3 is 2.90 bits per heavy atom. The van der Waals surface area contributed by atoms with Crippen molar-refractivity contribution in [2.75, 3.05) is 6.54 Å². The molecule has 0 aromatic heterocycles. The minimum atomic E-state index is -0.772. The molecule has 1 aliphatic heterocycles. The number of carbonyl (C=O) groups is 1. The van der Waals surface area contributed by atoms with E-state index in [0.29, 0.717) is 5.92 Å². The lowest BCUT2D eigenvalue weighted by Crippen LogP contribution is -2.43. The highest BCUT2D eigenvalue weighted by Crippen LogP contribution is 2.13. The summed E-state index contributed by atoms with van der Waals surface area (Å²) in [6.45, 7) is 2.85. The summed E-state index contributed by atoms with van der Waals surface area (Å²) in [4.78, 5) is 10.4. The smallest absolute Gasteiger partial charge is 0.321 e. The van der Waals surface area contributed by atoms with E-state index in [1.165, 1.54) is 0 Å². The van der Waals surface area contributed by atoms with Crippen LogP contribution >= 0.6 is 0 Å². The van der Waals surface area contributed by atoms with E-state index in [2.05, 4.69) is 5.32 Å². The average molecular weight is 142 g/mol. The fourth-order valence-electron chi connectivity index (χ4n) is 1.13.